The van der Waals surface area contributed by atoms with Gasteiger partial charge in [0.2, 0.25) is 10.0 Å². The zero-order valence-electron chi connectivity index (χ0n) is 13.5. The molecule has 1 aliphatic heterocycles. The molecule has 3 rings (SSSR count). The highest BCUT2D eigenvalue weighted by Gasteiger charge is 2.24. The lowest BCUT2D eigenvalue weighted by Gasteiger charge is -2.09. The van der Waals surface area contributed by atoms with Crippen molar-refractivity contribution in [2.75, 3.05) is 13.7 Å². The second kappa shape index (κ2) is 6.62. The van der Waals surface area contributed by atoms with Crippen LogP contribution in [0.3, 0.4) is 0 Å². The molecular formula is C17H17NO5S2. The SMILES string of the molecule is COc1ccc(CCNS(=O)(=O)c2ccc3c(c2)S(=O)(=O)C=C3)cc1. The Morgan fingerprint density at radius 1 is 1.08 bits per heavy atom. The number of hydrogen-bond acceptors (Lipinski definition) is 5. The van der Waals surface area contributed by atoms with Gasteiger partial charge in [-0.2, -0.15) is 0 Å². The maximum absolute atomic E-state index is 12.4. The molecule has 0 bridgehead atoms. The fourth-order valence-electron chi connectivity index (χ4n) is 2.51. The summed E-state index contributed by atoms with van der Waals surface area (Å²) in [5, 5.41) is 1.07. The van der Waals surface area contributed by atoms with E-state index in [0.717, 1.165) is 16.7 Å². The van der Waals surface area contributed by atoms with Crippen LogP contribution in [0, 0.1) is 0 Å². The smallest absolute Gasteiger partial charge is 0.240 e. The van der Waals surface area contributed by atoms with Crippen LogP contribution in [0.5, 0.6) is 5.75 Å². The van der Waals surface area contributed by atoms with Gasteiger partial charge in [-0.15, -0.1) is 0 Å². The third-order valence-corrected chi connectivity index (χ3v) is 6.81. The molecule has 1 heterocycles. The zero-order chi connectivity index (χ0) is 18.1. The van der Waals surface area contributed by atoms with Crippen molar-refractivity contribution in [2.24, 2.45) is 0 Å². The number of benzene rings is 2. The van der Waals surface area contributed by atoms with E-state index in [4.69, 9.17) is 4.74 Å². The van der Waals surface area contributed by atoms with Gasteiger partial charge in [0, 0.05) is 12.0 Å². The second-order valence-electron chi connectivity index (χ2n) is 5.54. The standard InChI is InChI=1S/C17H17NO5S2/c1-23-15-5-2-13(3-6-15)8-10-18-25(21,22)16-7-4-14-9-11-24(19,20)17(14)12-16/h2-7,9,11-12,18H,8,10H2,1H3. The van der Waals surface area contributed by atoms with E-state index in [-0.39, 0.29) is 16.3 Å². The third-order valence-electron chi connectivity index (χ3n) is 3.89. The average molecular weight is 379 g/mol. The van der Waals surface area contributed by atoms with E-state index in [1.807, 2.05) is 24.3 Å². The highest BCUT2D eigenvalue weighted by atomic mass is 32.2. The van der Waals surface area contributed by atoms with Crippen molar-refractivity contribution >= 4 is 25.9 Å². The summed E-state index contributed by atoms with van der Waals surface area (Å²) in [7, 11) is -5.75. The molecule has 0 amide bonds. The highest BCUT2D eigenvalue weighted by Crippen LogP contribution is 2.28. The first-order chi connectivity index (χ1) is 11.8. The molecule has 1 N–H and O–H groups in total. The monoisotopic (exact) mass is 379 g/mol. The Morgan fingerprint density at radius 3 is 2.48 bits per heavy atom. The van der Waals surface area contributed by atoms with Gasteiger partial charge in [-0.3, -0.25) is 0 Å². The number of sulfone groups is 1. The molecule has 25 heavy (non-hydrogen) atoms. The molecule has 0 fully saturated rings. The van der Waals surface area contributed by atoms with Gasteiger partial charge in [0.1, 0.15) is 5.75 Å². The van der Waals surface area contributed by atoms with Crippen LogP contribution in [-0.2, 0) is 26.3 Å². The summed E-state index contributed by atoms with van der Waals surface area (Å²) < 4.78 is 56.1. The van der Waals surface area contributed by atoms with E-state index in [0.29, 0.717) is 12.0 Å². The Labute approximate surface area is 147 Å². The number of sulfonamides is 1. The van der Waals surface area contributed by atoms with Crippen molar-refractivity contribution in [3.63, 3.8) is 0 Å². The zero-order valence-corrected chi connectivity index (χ0v) is 15.1. The first kappa shape index (κ1) is 17.7. The van der Waals surface area contributed by atoms with Crippen molar-refractivity contribution in [1.29, 1.82) is 0 Å². The topological polar surface area (TPSA) is 89.5 Å². The van der Waals surface area contributed by atoms with Gasteiger partial charge in [0.15, 0.2) is 9.84 Å². The molecule has 6 nitrogen and oxygen atoms in total. The molecule has 0 unspecified atom stereocenters. The third kappa shape index (κ3) is 3.76. The molecule has 8 heteroatoms. The van der Waals surface area contributed by atoms with E-state index in [9.17, 15) is 16.8 Å². The molecule has 2 aromatic rings. The van der Waals surface area contributed by atoms with Crippen LogP contribution in [0.4, 0.5) is 0 Å². The Morgan fingerprint density at radius 2 is 1.80 bits per heavy atom. The van der Waals surface area contributed by atoms with Crippen LogP contribution in [-0.4, -0.2) is 30.5 Å². The van der Waals surface area contributed by atoms with Gasteiger partial charge in [0.25, 0.3) is 0 Å². The predicted octanol–water partition coefficient (Wildman–Crippen LogP) is 1.97. The molecule has 0 saturated heterocycles. The Bertz CT molecular complexity index is 1020. The van der Waals surface area contributed by atoms with E-state index in [1.165, 1.54) is 24.3 Å². The lowest BCUT2D eigenvalue weighted by molar-refractivity contribution is 0.414. The summed E-state index contributed by atoms with van der Waals surface area (Å²) in [6.45, 7) is 0.205. The van der Waals surface area contributed by atoms with Crippen LogP contribution in [0.2, 0.25) is 0 Å². The summed E-state index contributed by atoms with van der Waals surface area (Å²) in [5.74, 6) is 0.734. The minimum absolute atomic E-state index is 0.0190. The summed E-state index contributed by atoms with van der Waals surface area (Å²) in [6, 6.07) is 11.4. The number of ether oxygens (including phenoxy) is 1. The molecule has 0 atom stereocenters. The fourth-order valence-corrected chi connectivity index (χ4v) is 4.87. The number of nitrogens with one attached hydrogen (secondary N) is 1. The van der Waals surface area contributed by atoms with Crippen molar-refractivity contribution < 1.29 is 21.6 Å². The van der Waals surface area contributed by atoms with Crippen LogP contribution in [0.25, 0.3) is 6.08 Å². The minimum atomic E-state index is -3.78. The quantitative estimate of drug-likeness (QED) is 0.829. The first-order valence-corrected chi connectivity index (χ1v) is 10.5. The van der Waals surface area contributed by atoms with Gasteiger partial charge in [-0.1, -0.05) is 18.2 Å². The molecule has 132 valence electrons. The first-order valence-electron chi connectivity index (χ1n) is 7.52. The summed E-state index contributed by atoms with van der Waals surface area (Å²) in [6.07, 6.45) is 1.96. The van der Waals surface area contributed by atoms with E-state index in [2.05, 4.69) is 4.72 Å². The van der Waals surface area contributed by atoms with Crippen molar-refractivity contribution in [1.82, 2.24) is 4.72 Å². The largest absolute Gasteiger partial charge is 0.497 e. The highest BCUT2D eigenvalue weighted by molar-refractivity contribution is 7.95. The van der Waals surface area contributed by atoms with E-state index in [1.54, 1.807) is 7.11 Å². The maximum atomic E-state index is 12.4. The van der Waals surface area contributed by atoms with Gasteiger partial charge < -0.3 is 4.74 Å². The molecular weight excluding hydrogens is 362 g/mol. The van der Waals surface area contributed by atoms with Crippen LogP contribution < -0.4 is 9.46 Å². The fraction of sp³-hybridized carbons (Fsp3) is 0.176. The molecule has 2 aromatic carbocycles. The summed E-state index contributed by atoms with van der Waals surface area (Å²) in [4.78, 5) is -0.0428. The number of rotatable bonds is 6. The predicted molar refractivity (Wildman–Crippen MR) is 94.5 cm³/mol. The van der Waals surface area contributed by atoms with Crippen molar-refractivity contribution in [2.45, 2.75) is 16.2 Å². The van der Waals surface area contributed by atoms with Crippen LogP contribution >= 0.6 is 0 Å². The number of methoxy groups -OCH3 is 1. The lowest BCUT2D eigenvalue weighted by Crippen LogP contribution is -2.26. The molecule has 0 saturated carbocycles. The summed E-state index contributed by atoms with van der Waals surface area (Å²) >= 11 is 0. The van der Waals surface area contributed by atoms with Crippen LogP contribution in [0.15, 0.2) is 57.7 Å². The number of hydrogen-bond donors (Lipinski definition) is 1. The molecule has 0 spiro atoms. The Hall–Kier alpha value is -2.16. The lowest BCUT2D eigenvalue weighted by atomic mass is 10.1. The molecule has 1 aliphatic rings. The summed E-state index contributed by atoms with van der Waals surface area (Å²) in [5.41, 5.74) is 1.46. The normalized spacial score (nSPS) is 15.1. The molecule has 0 radical (unpaired) electrons. The van der Waals surface area contributed by atoms with Gasteiger partial charge in [-0.05, 0) is 47.9 Å². The van der Waals surface area contributed by atoms with Gasteiger partial charge in [0.05, 0.1) is 16.9 Å². The maximum Gasteiger partial charge on any atom is 0.240 e. The van der Waals surface area contributed by atoms with E-state index >= 15 is 0 Å². The van der Waals surface area contributed by atoms with E-state index < -0.39 is 19.9 Å². The Balaban J connectivity index is 1.70. The van der Waals surface area contributed by atoms with Crippen LogP contribution in [0.1, 0.15) is 11.1 Å². The number of fused-ring (bicyclic) bond motifs is 1. The minimum Gasteiger partial charge on any atom is -0.497 e. The molecule has 0 aliphatic carbocycles. The van der Waals surface area contributed by atoms with Crippen molar-refractivity contribution in [3.8, 4) is 5.75 Å². The van der Waals surface area contributed by atoms with Gasteiger partial charge >= 0.3 is 0 Å². The average Bonchev–Trinajstić information content (AvgIpc) is 2.90. The molecule has 0 aromatic heterocycles. The van der Waals surface area contributed by atoms with Gasteiger partial charge in [-0.25, -0.2) is 21.6 Å². The second-order valence-corrected chi connectivity index (χ2v) is 9.11. The Kier molecular flexibility index (Phi) is 4.68. The van der Waals surface area contributed by atoms with Crippen molar-refractivity contribution in [3.05, 3.63) is 59.0 Å².